The highest BCUT2D eigenvalue weighted by Gasteiger charge is 2.30. The predicted molar refractivity (Wildman–Crippen MR) is 400 cm³/mol. The molecule has 0 spiro atoms. The predicted octanol–water partition coefficient (Wildman–Crippen LogP) is 23.4. The molecular formula is C79H154O17P2. The fraction of sp³-hybridized carbons (Fsp3) is 0.949. The van der Waals surface area contributed by atoms with E-state index in [0.29, 0.717) is 25.7 Å². The molecule has 0 rings (SSSR count). The zero-order valence-corrected chi connectivity index (χ0v) is 66.0. The van der Waals surface area contributed by atoms with Gasteiger partial charge >= 0.3 is 39.5 Å². The van der Waals surface area contributed by atoms with Crippen molar-refractivity contribution in [2.45, 2.75) is 426 Å². The quantitative estimate of drug-likeness (QED) is 0.0222. The number of carbonyl (C=O) groups is 4. The molecule has 17 nitrogen and oxygen atoms in total. The van der Waals surface area contributed by atoms with Gasteiger partial charge in [0.1, 0.15) is 19.3 Å². The van der Waals surface area contributed by atoms with Crippen LogP contribution in [0.5, 0.6) is 0 Å². The number of rotatable bonds is 77. The van der Waals surface area contributed by atoms with Crippen LogP contribution in [-0.2, 0) is 65.4 Å². The zero-order chi connectivity index (χ0) is 72.3. The molecule has 0 aromatic rings. The zero-order valence-electron chi connectivity index (χ0n) is 64.3. The standard InChI is InChI=1S/C79H154O17P2/c1-8-9-10-11-12-13-14-24-32-39-46-53-60-76(81)89-67-75(96-79(84)63-56-49-42-35-28-27-31-38-45-52-59-72(6)7)69-94-98(87,88)92-65-73(80)64-91-97(85,86)93-68-74(66-90-77(82)61-54-47-40-33-25-21-17-19-23-30-37-44-51-58-71(4)5)95-78(83)62-55-48-41-34-26-20-16-15-18-22-29-36-43-50-57-70(2)3/h70-75,80H,8-69H2,1-7H3,(H,85,86)(H,87,88)/t73-,74-,75-/m1/s1. The van der Waals surface area contributed by atoms with Crippen molar-refractivity contribution in [2.75, 3.05) is 39.6 Å². The Morgan fingerprint density at radius 2 is 0.469 bits per heavy atom. The van der Waals surface area contributed by atoms with Crippen molar-refractivity contribution in [1.82, 2.24) is 0 Å². The van der Waals surface area contributed by atoms with E-state index in [0.717, 1.165) is 108 Å². The topological polar surface area (TPSA) is 237 Å². The summed E-state index contributed by atoms with van der Waals surface area (Å²) in [6, 6.07) is 0. The summed E-state index contributed by atoms with van der Waals surface area (Å²) < 4.78 is 68.7. The van der Waals surface area contributed by atoms with E-state index in [1.165, 1.54) is 218 Å². The van der Waals surface area contributed by atoms with Crippen LogP contribution >= 0.6 is 15.6 Å². The second-order valence-electron chi connectivity index (χ2n) is 29.9. The lowest BCUT2D eigenvalue weighted by Crippen LogP contribution is -2.30. The molecule has 98 heavy (non-hydrogen) atoms. The maximum Gasteiger partial charge on any atom is 0.472 e. The summed E-state index contributed by atoms with van der Waals surface area (Å²) in [5.74, 6) is 0.226. The summed E-state index contributed by atoms with van der Waals surface area (Å²) in [5, 5.41) is 10.6. The molecule has 0 radical (unpaired) electrons. The fourth-order valence-electron chi connectivity index (χ4n) is 12.1. The summed E-state index contributed by atoms with van der Waals surface area (Å²) in [6.45, 7) is 12.0. The van der Waals surface area contributed by atoms with Crippen molar-refractivity contribution in [3.63, 3.8) is 0 Å². The minimum absolute atomic E-state index is 0.106. The Bertz CT molecular complexity index is 1900. The van der Waals surface area contributed by atoms with Gasteiger partial charge in [-0.05, 0) is 43.4 Å². The molecule has 0 saturated carbocycles. The van der Waals surface area contributed by atoms with Crippen LogP contribution < -0.4 is 0 Å². The molecule has 0 aliphatic rings. The number of ether oxygens (including phenoxy) is 4. The van der Waals surface area contributed by atoms with E-state index in [9.17, 15) is 43.2 Å². The van der Waals surface area contributed by atoms with Crippen molar-refractivity contribution >= 4 is 39.5 Å². The number of aliphatic hydroxyl groups is 1. The van der Waals surface area contributed by atoms with E-state index < -0.39 is 97.5 Å². The van der Waals surface area contributed by atoms with Crippen LogP contribution in [0.25, 0.3) is 0 Å². The first-order chi connectivity index (χ1) is 47.2. The van der Waals surface area contributed by atoms with Crippen molar-refractivity contribution in [3.8, 4) is 0 Å². The summed E-state index contributed by atoms with van der Waals surface area (Å²) in [4.78, 5) is 73.0. The van der Waals surface area contributed by atoms with Crippen molar-refractivity contribution in [2.24, 2.45) is 17.8 Å². The molecule has 0 bridgehead atoms. The van der Waals surface area contributed by atoms with Crippen LogP contribution in [0.4, 0.5) is 0 Å². The number of phosphoric acid groups is 2. The smallest absolute Gasteiger partial charge is 0.462 e. The molecule has 5 atom stereocenters. The SMILES string of the molecule is CCCCCCCCCCCCCCC(=O)OC[C@H](COP(=O)(O)OC[C@H](O)COP(=O)(O)OC[C@@H](COC(=O)CCCCCCCCCCCCCCCC(C)C)OC(=O)CCCCCCCCCCCCCCCCC(C)C)OC(=O)CCCCCCCCCCCCC(C)C. The van der Waals surface area contributed by atoms with Crippen LogP contribution in [0.15, 0.2) is 0 Å². The van der Waals surface area contributed by atoms with Gasteiger partial charge in [0, 0.05) is 25.7 Å². The Morgan fingerprint density at radius 3 is 0.694 bits per heavy atom. The summed E-state index contributed by atoms with van der Waals surface area (Å²) in [7, 11) is -9.92. The normalized spacial score (nSPS) is 14.0. The molecule has 19 heteroatoms. The van der Waals surface area contributed by atoms with Crippen LogP contribution in [0.1, 0.15) is 408 Å². The first kappa shape index (κ1) is 96.1. The second-order valence-corrected chi connectivity index (χ2v) is 32.8. The Kier molecular flexibility index (Phi) is 68.1. The number of hydrogen-bond donors (Lipinski definition) is 3. The molecule has 0 aromatic carbocycles. The number of aliphatic hydroxyl groups excluding tert-OH is 1. The van der Waals surface area contributed by atoms with Gasteiger partial charge in [-0.1, -0.05) is 357 Å². The molecule has 0 fully saturated rings. The Hall–Kier alpha value is -1.94. The fourth-order valence-corrected chi connectivity index (χ4v) is 13.7. The van der Waals surface area contributed by atoms with Gasteiger partial charge in [-0.2, -0.15) is 0 Å². The van der Waals surface area contributed by atoms with Crippen LogP contribution in [-0.4, -0.2) is 96.7 Å². The average molecular weight is 1440 g/mol. The van der Waals surface area contributed by atoms with Gasteiger partial charge in [-0.25, -0.2) is 9.13 Å². The monoisotopic (exact) mass is 1440 g/mol. The van der Waals surface area contributed by atoms with Gasteiger partial charge in [0.25, 0.3) is 0 Å². The highest BCUT2D eigenvalue weighted by molar-refractivity contribution is 7.47. The van der Waals surface area contributed by atoms with Crippen LogP contribution in [0.2, 0.25) is 0 Å². The van der Waals surface area contributed by atoms with E-state index >= 15 is 0 Å². The highest BCUT2D eigenvalue weighted by atomic mass is 31.2. The Balaban J connectivity index is 5.26. The van der Waals surface area contributed by atoms with Crippen LogP contribution in [0.3, 0.4) is 0 Å². The molecule has 0 aliphatic heterocycles. The highest BCUT2D eigenvalue weighted by Crippen LogP contribution is 2.45. The van der Waals surface area contributed by atoms with Crippen molar-refractivity contribution in [1.29, 1.82) is 0 Å². The lowest BCUT2D eigenvalue weighted by molar-refractivity contribution is -0.161. The molecule has 0 amide bonds. The Labute approximate surface area is 600 Å². The number of hydrogen-bond acceptors (Lipinski definition) is 15. The second kappa shape index (κ2) is 69.4. The third-order valence-corrected chi connectivity index (χ3v) is 20.3. The van der Waals surface area contributed by atoms with E-state index in [-0.39, 0.29) is 25.7 Å². The van der Waals surface area contributed by atoms with Gasteiger partial charge in [0.05, 0.1) is 26.4 Å². The van der Waals surface area contributed by atoms with E-state index in [2.05, 4.69) is 48.5 Å². The summed E-state index contributed by atoms with van der Waals surface area (Å²) in [6.07, 6.45) is 56.7. The van der Waals surface area contributed by atoms with E-state index in [4.69, 9.17) is 37.0 Å². The molecule has 582 valence electrons. The average Bonchev–Trinajstić information content (AvgIpc) is 1.09. The Morgan fingerprint density at radius 1 is 0.276 bits per heavy atom. The minimum atomic E-state index is -4.96. The molecule has 3 N–H and O–H groups in total. The number of phosphoric ester groups is 2. The van der Waals surface area contributed by atoms with Gasteiger partial charge in [-0.15, -0.1) is 0 Å². The molecule has 0 aliphatic carbocycles. The van der Waals surface area contributed by atoms with Crippen molar-refractivity contribution < 1.29 is 80.2 Å². The van der Waals surface area contributed by atoms with E-state index in [1.807, 2.05) is 0 Å². The van der Waals surface area contributed by atoms with Crippen LogP contribution in [0, 0.1) is 17.8 Å². The third-order valence-electron chi connectivity index (χ3n) is 18.4. The van der Waals surface area contributed by atoms with Gasteiger partial charge in [0.15, 0.2) is 12.2 Å². The van der Waals surface area contributed by atoms with Gasteiger partial charge < -0.3 is 33.8 Å². The third kappa shape index (κ3) is 72.4. The molecular weight excluding hydrogens is 1280 g/mol. The molecule has 0 saturated heterocycles. The first-order valence-electron chi connectivity index (χ1n) is 40.8. The summed E-state index contributed by atoms with van der Waals surface area (Å²) in [5.41, 5.74) is 0. The maximum atomic E-state index is 13.1. The number of carbonyl (C=O) groups excluding carboxylic acids is 4. The number of esters is 4. The van der Waals surface area contributed by atoms with Gasteiger partial charge in [0.2, 0.25) is 0 Å². The molecule has 0 aromatic heterocycles. The first-order valence-corrected chi connectivity index (χ1v) is 43.8. The lowest BCUT2D eigenvalue weighted by Gasteiger charge is -2.21. The molecule has 2 unspecified atom stereocenters. The molecule has 0 heterocycles. The largest absolute Gasteiger partial charge is 0.472 e. The minimum Gasteiger partial charge on any atom is -0.462 e. The van der Waals surface area contributed by atoms with Gasteiger partial charge in [-0.3, -0.25) is 37.3 Å². The van der Waals surface area contributed by atoms with E-state index in [1.54, 1.807) is 0 Å². The lowest BCUT2D eigenvalue weighted by atomic mass is 10.0. The summed E-state index contributed by atoms with van der Waals surface area (Å²) >= 11 is 0. The maximum absolute atomic E-state index is 13.1. The number of unbranched alkanes of at least 4 members (excludes halogenated alkanes) is 45. The van der Waals surface area contributed by atoms with Crippen molar-refractivity contribution in [3.05, 3.63) is 0 Å².